The second-order valence-electron chi connectivity index (χ2n) is 35.1. The molecule has 0 aliphatic heterocycles. The van der Waals surface area contributed by atoms with Gasteiger partial charge in [0, 0.05) is 116 Å². The number of benzene rings is 15. The van der Waals surface area contributed by atoms with Gasteiger partial charge in [0.05, 0.1) is 74.3 Å². The number of halogens is 6. The number of hydrogen-bond acceptors (Lipinski definition) is 15. The van der Waals surface area contributed by atoms with Crippen molar-refractivity contribution in [3.05, 3.63) is 442 Å². The summed E-state index contributed by atoms with van der Waals surface area (Å²) in [4.78, 5) is 92.2. The van der Waals surface area contributed by atoms with Gasteiger partial charge in [0.15, 0.2) is 11.5 Å². The number of alkyl halides is 6. The Morgan fingerprint density at radius 3 is 1.22 bits per heavy atom. The first kappa shape index (κ1) is 102. The highest BCUT2D eigenvalue weighted by Gasteiger charge is 2.33. The summed E-state index contributed by atoms with van der Waals surface area (Å²) in [6.07, 6.45) is 3.68. The molecule has 0 unspecified atom stereocenters. The third-order valence-electron chi connectivity index (χ3n) is 24.7. The fourth-order valence-corrected chi connectivity index (χ4v) is 17.9. The molecule has 149 heavy (non-hydrogen) atoms. The van der Waals surface area contributed by atoms with Crippen LogP contribution in [0.15, 0.2) is 365 Å². The molecule has 15 aromatic carbocycles. The van der Waals surface area contributed by atoms with Crippen molar-refractivity contribution in [2.24, 2.45) is 0 Å². The maximum atomic E-state index is 12.9. The summed E-state index contributed by atoms with van der Waals surface area (Å²) in [6.45, 7) is 13.9. The van der Waals surface area contributed by atoms with Crippen LogP contribution in [0.4, 0.5) is 65.3 Å². The van der Waals surface area contributed by atoms with Gasteiger partial charge in [-0.2, -0.15) is 31.6 Å². The molecule has 0 radical (unpaired) electrons. The number of carbonyl (C=O) groups is 5. The van der Waals surface area contributed by atoms with E-state index in [2.05, 4.69) is 141 Å². The number of nitrogens with zero attached hydrogens (tertiary/aromatic N) is 7. The van der Waals surface area contributed by atoms with Crippen LogP contribution in [0.3, 0.4) is 0 Å². The Morgan fingerprint density at radius 2 is 0.758 bits per heavy atom. The molecule has 21 nitrogen and oxygen atoms in total. The van der Waals surface area contributed by atoms with E-state index in [1.165, 1.54) is 31.4 Å². The van der Waals surface area contributed by atoms with E-state index in [0.717, 1.165) is 189 Å². The number of nitrogens with one attached hydrogen (secondary N) is 7. The van der Waals surface area contributed by atoms with Crippen molar-refractivity contribution in [1.82, 2.24) is 34.9 Å². The summed E-state index contributed by atoms with van der Waals surface area (Å²) in [5.74, 6) is 0.144. The van der Waals surface area contributed by atoms with Gasteiger partial charge in [-0.1, -0.05) is 109 Å². The first-order chi connectivity index (χ1) is 71.8. The normalized spacial score (nSPS) is 11.0. The minimum Gasteiger partial charge on any atom is -0.493 e. The lowest BCUT2D eigenvalue weighted by Gasteiger charge is -2.14. The molecule has 0 bridgehead atoms. The minimum absolute atomic E-state index is 0.0497. The zero-order valence-corrected chi connectivity index (χ0v) is 82.6. The van der Waals surface area contributed by atoms with E-state index in [-0.39, 0.29) is 29.0 Å². The lowest BCUT2D eigenvalue weighted by Crippen LogP contribution is -2.19. The van der Waals surface area contributed by atoms with Crippen LogP contribution in [0.2, 0.25) is 0 Å². The van der Waals surface area contributed by atoms with Crippen LogP contribution in [0.25, 0.3) is 120 Å². The monoisotopic (exact) mass is 2000 g/mol. The van der Waals surface area contributed by atoms with Crippen molar-refractivity contribution in [3.8, 4) is 73.2 Å². The Hall–Kier alpha value is -18.9. The Kier molecular flexibility index (Phi) is 30.7. The van der Waals surface area contributed by atoms with Crippen LogP contribution in [0, 0.1) is 59.8 Å². The fourth-order valence-electron chi connectivity index (χ4n) is 17.1. The number of fused-ring (bicyclic) bond motifs is 6. The number of thiazole rings is 1. The summed E-state index contributed by atoms with van der Waals surface area (Å²) in [5, 5.41) is 34.6. The van der Waals surface area contributed by atoms with Gasteiger partial charge in [0.2, 0.25) is 0 Å². The Morgan fingerprint density at radius 1 is 0.342 bits per heavy atom. The van der Waals surface area contributed by atoms with Crippen molar-refractivity contribution in [2.75, 3.05) is 46.1 Å². The van der Waals surface area contributed by atoms with Crippen molar-refractivity contribution in [3.63, 3.8) is 0 Å². The smallest absolute Gasteiger partial charge is 0.416 e. The molecule has 0 saturated carbocycles. The van der Waals surface area contributed by atoms with E-state index in [1.807, 2.05) is 211 Å². The van der Waals surface area contributed by atoms with E-state index in [0.29, 0.717) is 56.6 Å². The molecule has 21 rings (SSSR count). The van der Waals surface area contributed by atoms with Crippen LogP contribution >= 0.6 is 11.3 Å². The van der Waals surface area contributed by atoms with Gasteiger partial charge in [0.25, 0.3) is 23.6 Å². The Balaban J connectivity index is 0.000000127. The number of nitriles is 1. The second kappa shape index (κ2) is 45.0. The van der Waals surface area contributed by atoms with Crippen molar-refractivity contribution >= 4 is 140 Å². The molecule has 0 fully saturated rings. The molecular formula is C121H94F6N14O7S. The molecule has 28 heteroatoms. The summed E-state index contributed by atoms with van der Waals surface area (Å²) in [7, 11) is 3.07. The molecule has 738 valence electrons. The maximum absolute atomic E-state index is 12.9. The lowest BCUT2D eigenvalue weighted by atomic mass is 9.98. The number of amides is 6. The second-order valence-corrected chi connectivity index (χ2v) is 36.4. The van der Waals surface area contributed by atoms with Gasteiger partial charge in [-0.3, -0.25) is 39.1 Å². The van der Waals surface area contributed by atoms with Crippen molar-refractivity contribution in [1.29, 1.82) is 5.26 Å². The van der Waals surface area contributed by atoms with Gasteiger partial charge in [0.1, 0.15) is 5.82 Å². The highest BCUT2D eigenvalue weighted by atomic mass is 32.1. The predicted molar refractivity (Wildman–Crippen MR) is 581 cm³/mol. The van der Waals surface area contributed by atoms with Gasteiger partial charge < -0.3 is 46.4 Å². The van der Waals surface area contributed by atoms with Crippen LogP contribution < -0.4 is 41.4 Å². The Bertz CT molecular complexity index is 8570. The molecule has 0 spiro atoms. The largest absolute Gasteiger partial charge is 0.493 e. The summed E-state index contributed by atoms with van der Waals surface area (Å²) in [6, 6.07) is 97.0. The number of urea groups is 1. The molecule has 7 N–H and O–H groups in total. The van der Waals surface area contributed by atoms with Gasteiger partial charge in [-0.15, -0.1) is 11.3 Å². The number of pyridine rings is 4. The summed E-state index contributed by atoms with van der Waals surface area (Å²) in [5.41, 5.74) is 22.5. The average molecular weight is 2000 g/mol. The highest BCUT2D eigenvalue weighted by molar-refractivity contribution is 7.18. The number of methoxy groups -OCH3 is 2. The van der Waals surface area contributed by atoms with Crippen molar-refractivity contribution in [2.45, 2.75) is 60.8 Å². The molecule has 6 aromatic heterocycles. The third-order valence-corrected chi connectivity index (χ3v) is 25.7. The number of rotatable bonds is 17. The average Bonchev–Trinajstić information content (AvgIpc) is 1.42. The molecule has 0 aliphatic carbocycles. The third kappa shape index (κ3) is 24.8. The van der Waals surface area contributed by atoms with Crippen LogP contribution in [-0.4, -0.2) is 78.8 Å². The predicted octanol–water partition coefficient (Wildman–Crippen LogP) is 30.2. The first-order valence-corrected chi connectivity index (χ1v) is 47.8. The summed E-state index contributed by atoms with van der Waals surface area (Å²) >= 11 is 1.62. The van der Waals surface area contributed by atoms with Crippen LogP contribution in [0.5, 0.6) is 11.5 Å². The number of aromatic nitrogens is 7. The molecule has 6 heterocycles. The molecule has 6 amide bonds. The fraction of sp³-hybridized carbons (Fsp3) is 0.0909. The number of anilines is 6. The number of para-hydroxylation sites is 1. The topological polar surface area (TPSA) is 293 Å². The quantitative estimate of drug-likeness (QED) is 0.0417. The zero-order chi connectivity index (χ0) is 105. The summed E-state index contributed by atoms with van der Waals surface area (Å²) < 4.78 is 89.3. The minimum atomic E-state index is -4.50. The number of carbonyl (C=O) groups excluding carboxylic acids is 5. The molecule has 0 saturated heterocycles. The number of aryl methyl sites for hydroxylation is 7. The molecule has 21 aromatic rings. The molecule has 0 aliphatic rings. The number of H-pyrrole nitrogens is 1. The standard InChI is InChI=1S/C26H19N3O.C25H22N2O3.C24H18N4O.C23H18F3N3O.C23H17F3N2OS/c1-17-4-8-23(15-24(17)19-6-5-18-10-12-27-16-22(18)13-19)29-26(30)21-7-9-25-20(14-21)3-2-11-28-25;1-16-7-10-20(27-25(28)21-5-4-6-23(29-2)24(21)30-3)14-22(16)18-9-8-17-11-12-26-15-19(17)13-18;1-16-5-8-22(28-24(29)27-21-4-2-3-17(11-21)14-25)13-23(16)19-7-6-18-9-10-26-15-20(18)12-19;1-13-6-8-18(29-22(30)16-4-3-5-17(10-16)23(24,25)26)12-19(13)15-7-9-20-21(11-15)28-14(2)27-20;1-13-6-8-18(28-22(29)16-4-3-5-17(10-16)23(24,25)26)12-19(13)15-7-9-21-20(11-15)27-14(2)30-21/h2-16H,1H3,(H,29,30);4-15H,1-3H3,(H,27,28);2-13,15H,1H3,(H2,27,28,29);3-12H,1-2H3,(H,27,28)(H,29,30);3-12H,1-2H3,(H,28,29). The lowest BCUT2D eigenvalue weighted by molar-refractivity contribution is -0.138. The van der Waals surface area contributed by atoms with Gasteiger partial charge in [-0.05, 0) is 360 Å². The zero-order valence-electron chi connectivity index (χ0n) is 81.8. The Labute approximate surface area is 856 Å². The number of ether oxygens (including phenoxy) is 2. The van der Waals surface area contributed by atoms with Crippen molar-refractivity contribution < 1.29 is 59.8 Å². The van der Waals surface area contributed by atoms with Crippen LogP contribution in [-0.2, 0) is 12.4 Å². The number of aromatic amines is 1. The number of hydrogen-bond donors (Lipinski definition) is 7. The molecular weight excluding hydrogens is 1910 g/mol. The number of imidazole rings is 1. The van der Waals surface area contributed by atoms with E-state index >= 15 is 0 Å². The SMILES string of the molecule is COc1cccc(C(=O)Nc2ccc(C)c(-c3ccc4ccncc4c3)c2)c1OC.Cc1ccc(NC(=O)Nc2cccc(C#N)c2)cc1-c1ccc2ccncc2c1.Cc1ccc(NC(=O)c2ccc3ncccc3c2)cc1-c1ccc2ccncc2c1.Cc1nc2cc(-c3cc(NC(=O)c4cccc(C(F)(F)F)c4)ccc3C)ccc2s1.Cc1nc2ccc(-c3cc(NC(=O)c4cccc(C(F)(F)F)c4)ccc3C)cc2[nH]1. The van der Waals surface area contributed by atoms with E-state index in [4.69, 9.17) is 14.7 Å². The maximum Gasteiger partial charge on any atom is 0.416 e. The van der Waals surface area contributed by atoms with Gasteiger partial charge in [-0.25, -0.2) is 14.8 Å². The van der Waals surface area contributed by atoms with E-state index < -0.39 is 35.3 Å². The highest BCUT2D eigenvalue weighted by Crippen LogP contribution is 2.40. The van der Waals surface area contributed by atoms with E-state index in [9.17, 15) is 50.3 Å². The van der Waals surface area contributed by atoms with Crippen LogP contribution in [0.1, 0.15) is 96.8 Å². The molecule has 0 atom stereocenters. The first-order valence-electron chi connectivity index (χ1n) is 47.0. The van der Waals surface area contributed by atoms with E-state index in [1.54, 1.807) is 104 Å². The van der Waals surface area contributed by atoms with Gasteiger partial charge >= 0.3 is 18.4 Å².